The van der Waals surface area contributed by atoms with E-state index in [0.717, 1.165) is 29.9 Å². The highest BCUT2D eigenvalue weighted by Crippen LogP contribution is 2.14. The van der Waals surface area contributed by atoms with Gasteiger partial charge in [0.05, 0.1) is 11.7 Å². The van der Waals surface area contributed by atoms with Crippen molar-refractivity contribution < 1.29 is 0 Å². The van der Waals surface area contributed by atoms with Crippen molar-refractivity contribution in [2.45, 2.75) is 31.8 Å². The van der Waals surface area contributed by atoms with Crippen LogP contribution in [-0.4, -0.2) is 22.0 Å². The van der Waals surface area contributed by atoms with E-state index >= 15 is 0 Å². The normalized spacial score (nSPS) is 20.2. The summed E-state index contributed by atoms with van der Waals surface area (Å²) in [7, 11) is 0. The first-order valence-electron chi connectivity index (χ1n) is 6.25. The molecule has 1 aliphatic rings. The third-order valence-electron chi connectivity index (χ3n) is 3.49. The van der Waals surface area contributed by atoms with Crippen LogP contribution in [0.5, 0.6) is 0 Å². The largest absolute Gasteiger partial charge is 0.326 e. The summed E-state index contributed by atoms with van der Waals surface area (Å²) in [6.45, 7) is 1.72. The molecule has 4 heteroatoms. The molecule has 0 spiro atoms. The summed E-state index contributed by atoms with van der Waals surface area (Å²) in [6.07, 6.45) is 7.58. The first-order valence-corrected chi connectivity index (χ1v) is 6.25. The molecular formula is C13H18N4. The molecule has 0 saturated carbocycles. The van der Waals surface area contributed by atoms with E-state index in [1.54, 1.807) is 0 Å². The van der Waals surface area contributed by atoms with Gasteiger partial charge >= 0.3 is 0 Å². The average molecular weight is 230 g/mol. The Bertz CT molecular complexity index is 511. The standard InChI is InChI=1S/C13H18N4/c14-7-10-3-4-12-8-16-13(17(12)9-10)6-11-2-1-5-15-11/h3-4,8-9,11,15H,1-2,5-7,14H2. The van der Waals surface area contributed by atoms with Crippen molar-refractivity contribution in [1.82, 2.24) is 14.7 Å². The van der Waals surface area contributed by atoms with E-state index in [4.69, 9.17) is 5.73 Å². The number of hydrogen-bond donors (Lipinski definition) is 2. The van der Waals surface area contributed by atoms with Gasteiger partial charge in [-0.1, -0.05) is 6.07 Å². The predicted octanol–water partition coefficient (Wildman–Crippen LogP) is 1.09. The molecule has 0 bridgehead atoms. The molecule has 1 unspecified atom stereocenters. The third-order valence-corrected chi connectivity index (χ3v) is 3.49. The summed E-state index contributed by atoms with van der Waals surface area (Å²) in [4.78, 5) is 4.52. The predicted molar refractivity (Wildman–Crippen MR) is 67.8 cm³/mol. The Morgan fingerprint density at radius 1 is 1.47 bits per heavy atom. The maximum Gasteiger partial charge on any atom is 0.114 e. The van der Waals surface area contributed by atoms with E-state index < -0.39 is 0 Å². The Kier molecular flexibility index (Phi) is 2.82. The molecular weight excluding hydrogens is 212 g/mol. The summed E-state index contributed by atoms with van der Waals surface area (Å²) < 4.78 is 2.17. The van der Waals surface area contributed by atoms with Crippen molar-refractivity contribution in [3.05, 3.63) is 35.9 Å². The Hall–Kier alpha value is -1.39. The van der Waals surface area contributed by atoms with Gasteiger partial charge in [-0.2, -0.15) is 0 Å². The number of fused-ring (bicyclic) bond motifs is 1. The molecule has 0 aromatic carbocycles. The molecule has 1 atom stereocenters. The molecule has 0 amide bonds. The fourth-order valence-corrected chi connectivity index (χ4v) is 2.51. The van der Waals surface area contributed by atoms with Crippen LogP contribution in [0.3, 0.4) is 0 Å². The van der Waals surface area contributed by atoms with Crippen LogP contribution >= 0.6 is 0 Å². The van der Waals surface area contributed by atoms with Gasteiger partial charge in [-0.25, -0.2) is 4.98 Å². The monoisotopic (exact) mass is 230 g/mol. The van der Waals surface area contributed by atoms with Crippen molar-refractivity contribution in [2.24, 2.45) is 5.73 Å². The van der Waals surface area contributed by atoms with Gasteiger partial charge in [-0.05, 0) is 31.0 Å². The van der Waals surface area contributed by atoms with Gasteiger partial charge in [0.2, 0.25) is 0 Å². The minimum atomic E-state index is 0.579. The first kappa shape index (κ1) is 10.7. The highest BCUT2D eigenvalue weighted by atomic mass is 15.0. The second-order valence-corrected chi connectivity index (χ2v) is 4.71. The van der Waals surface area contributed by atoms with Gasteiger partial charge in [-0.3, -0.25) is 0 Å². The lowest BCUT2D eigenvalue weighted by atomic mass is 10.1. The fraction of sp³-hybridized carbons (Fsp3) is 0.462. The molecule has 1 fully saturated rings. The van der Waals surface area contributed by atoms with E-state index in [1.807, 2.05) is 6.20 Å². The molecule has 1 saturated heterocycles. The quantitative estimate of drug-likeness (QED) is 0.830. The van der Waals surface area contributed by atoms with E-state index in [0.29, 0.717) is 12.6 Å². The molecule has 0 aliphatic carbocycles. The zero-order valence-corrected chi connectivity index (χ0v) is 9.89. The topological polar surface area (TPSA) is 55.3 Å². The summed E-state index contributed by atoms with van der Waals surface area (Å²) in [5.74, 6) is 1.13. The molecule has 3 heterocycles. The van der Waals surface area contributed by atoms with Crippen LogP contribution in [0.25, 0.3) is 5.52 Å². The van der Waals surface area contributed by atoms with Crippen molar-refractivity contribution in [3.8, 4) is 0 Å². The summed E-state index contributed by atoms with van der Waals surface area (Å²) in [5.41, 5.74) is 7.97. The Balaban J connectivity index is 1.92. The van der Waals surface area contributed by atoms with Crippen LogP contribution in [0.2, 0.25) is 0 Å². The van der Waals surface area contributed by atoms with Crippen LogP contribution in [-0.2, 0) is 13.0 Å². The zero-order chi connectivity index (χ0) is 11.7. The highest BCUT2D eigenvalue weighted by molar-refractivity contribution is 5.47. The average Bonchev–Trinajstić information content (AvgIpc) is 2.99. The molecule has 1 aliphatic heterocycles. The van der Waals surface area contributed by atoms with Crippen LogP contribution in [0.1, 0.15) is 24.2 Å². The number of nitrogens with one attached hydrogen (secondary N) is 1. The third kappa shape index (κ3) is 2.06. The Morgan fingerprint density at radius 3 is 3.18 bits per heavy atom. The SMILES string of the molecule is NCc1ccc2cnc(CC3CCCN3)n2c1. The molecule has 2 aromatic rings. The van der Waals surface area contributed by atoms with E-state index in [-0.39, 0.29) is 0 Å². The van der Waals surface area contributed by atoms with Crippen LogP contribution in [0.4, 0.5) is 0 Å². The fourth-order valence-electron chi connectivity index (χ4n) is 2.51. The lowest BCUT2D eigenvalue weighted by molar-refractivity contribution is 0.584. The van der Waals surface area contributed by atoms with E-state index in [1.165, 1.54) is 12.8 Å². The van der Waals surface area contributed by atoms with Crippen LogP contribution < -0.4 is 11.1 Å². The zero-order valence-electron chi connectivity index (χ0n) is 9.89. The van der Waals surface area contributed by atoms with E-state index in [9.17, 15) is 0 Å². The molecule has 4 nitrogen and oxygen atoms in total. The maximum atomic E-state index is 5.68. The van der Waals surface area contributed by atoms with Gasteiger partial charge in [0.25, 0.3) is 0 Å². The second-order valence-electron chi connectivity index (χ2n) is 4.71. The van der Waals surface area contributed by atoms with Gasteiger partial charge in [-0.15, -0.1) is 0 Å². The minimum absolute atomic E-state index is 0.579. The van der Waals surface area contributed by atoms with E-state index in [2.05, 4.69) is 33.0 Å². The number of nitrogens with two attached hydrogens (primary N) is 1. The van der Waals surface area contributed by atoms with Crippen molar-refractivity contribution >= 4 is 5.52 Å². The molecule has 2 aromatic heterocycles. The lowest BCUT2D eigenvalue weighted by Crippen LogP contribution is -2.24. The van der Waals surface area contributed by atoms with Gasteiger partial charge in [0, 0.05) is 25.2 Å². The van der Waals surface area contributed by atoms with Crippen molar-refractivity contribution in [2.75, 3.05) is 6.54 Å². The number of nitrogens with zero attached hydrogens (tertiary/aromatic N) is 2. The number of rotatable bonds is 3. The molecule has 3 N–H and O–H groups in total. The Labute approximate surface area is 101 Å². The summed E-state index contributed by atoms with van der Waals surface area (Å²) in [6, 6.07) is 4.73. The molecule has 0 radical (unpaired) electrons. The minimum Gasteiger partial charge on any atom is -0.326 e. The Morgan fingerprint density at radius 2 is 2.41 bits per heavy atom. The second kappa shape index (κ2) is 4.47. The first-order chi connectivity index (χ1) is 8.36. The maximum absolute atomic E-state index is 5.68. The number of hydrogen-bond acceptors (Lipinski definition) is 3. The molecule has 3 rings (SSSR count). The van der Waals surface area contributed by atoms with Crippen molar-refractivity contribution in [3.63, 3.8) is 0 Å². The summed E-state index contributed by atoms with van der Waals surface area (Å²) in [5, 5.41) is 3.51. The van der Waals surface area contributed by atoms with Gasteiger partial charge < -0.3 is 15.5 Å². The smallest absolute Gasteiger partial charge is 0.114 e. The lowest BCUT2D eigenvalue weighted by Gasteiger charge is -2.09. The highest BCUT2D eigenvalue weighted by Gasteiger charge is 2.16. The number of aromatic nitrogens is 2. The number of imidazole rings is 1. The van der Waals surface area contributed by atoms with Gasteiger partial charge in [0.15, 0.2) is 0 Å². The van der Waals surface area contributed by atoms with Gasteiger partial charge in [0.1, 0.15) is 5.82 Å². The van der Waals surface area contributed by atoms with Crippen LogP contribution in [0, 0.1) is 0 Å². The number of pyridine rings is 1. The molecule has 90 valence electrons. The van der Waals surface area contributed by atoms with Crippen LogP contribution in [0.15, 0.2) is 24.5 Å². The summed E-state index contributed by atoms with van der Waals surface area (Å²) >= 11 is 0. The molecule has 17 heavy (non-hydrogen) atoms. The van der Waals surface area contributed by atoms with Crippen molar-refractivity contribution in [1.29, 1.82) is 0 Å².